The SMILES string of the molecule is C=C/C(=C\C(=C/C)c1ccc2[nH]nc(-c3nc4c(-c5ccccc5F)cccc4[nH]3)c2n1)CNCc1ccccc1. The molecule has 202 valence electrons. The third-order valence-electron chi connectivity index (χ3n) is 7.02. The fourth-order valence-electron chi connectivity index (χ4n) is 4.90. The minimum Gasteiger partial charge on any atom is -0.336 e. The second-order valence-corrected chi connectivity index (χ2v) is 9.69. The molecule has 0 aliphatic carbocycles. The van der Waals surface area contributed by atoms with E-state index in [2.05, 4.69) is 45.3 Å². The van der Waals surface area contributed by atoms with E-state index in [0.717, 1.165) is 40.0 Å². The van der Waals surface area contributed by atoms with Crippen LogP contribution in [-0.2, 0) is 6.54 Å². The summed E-state index contributed by atoms with van der Waals surface area (Å²) in [5, 5.41) is 11.1. The molecule has 41 heavy (non-hydrogen) atoms. The lowest BCUT2D eigenvalue weighted by molar-refractivity contribution is 0.631. The van der Waals surface area contributed by atoms with Crippen molar-refractivity contribution >= 4 is 27.6 Å². The quantitative estimate of drug-likeness (QED) is 0.165. The average Bonchev–Trinajstić information content (AvgIpc) is 3.63. The highest BCUT2D eigenvalue weighted by Crippen LogP contribution is 2.32. The summed E-state index contributed by atoms with van der Waals surface area (Å²) in [4.78, 5) is 13.2. The van der Waals surface area contributed by atoms with E-state index in [9.17, 15) is 4.39 Å². The fourth-order valence-corrected chi connectivity index (χ4v) is 4.90. The molecule has 0 fully saturated rings. The van der Waals surface area contributed by atoms with Crippen molar-refractivity contribution in [2.75, 3.05) is 6.54 Å². The van der Waals surface area contributed by atoms with Gasteiger partial charge in [-0.1, -0.05) is 79.4 Å². The molecule has 7 heteroatoms. The lowest BCUT2D eigenvalue weighted by Crippen LogP contribution is -2.16. The van der Waals surface area contributed by atoms with Crippen LogP contribution >= 0.6 is 0 Å². The van der Waals surface area contributed by atoms with Gasteiger partial charge in [-0.05, 0) is 54.0 Å². The third kappa shape index (κ3) is 5.35. The number of pyridine rings is 1. The maximum atomic E-state index is 14.6. The summed E-state index contributed by atoms with van der Waals surface area (Å²) in [5.41, 5.74) is 8.87. The molecule has 6 nitrogen and oxygen atoms in total. The van der Waals surface area contributed by atoms with E-state index in [1.165, 1.54) is 11.6 Å². The van der Waals surface area contributed by atoms with Gasteiger partial charge in [0.1, 0.15) is 11.3 Å². The van der Waals surface area contributed by atoms with Gasteiger partial charge in [0, 0.05) is 24.2 Å². The minimum absolute atomic E-state index is 0.290. The zero-order valence-corrected chi connectivity index (χ0v) is 22.7. The highest BCUT2D eigenvalue weighted by atomic mass is 19.1. The van der Waals surface area contributed by atoms with Crippen molar-refractivity contribution in [3.05, 3.63) is 132 Å². The zero-order chi connectivity index (χ0) is 28.2. The van der Waals surface area contributed by atoms with Gasteiger partial charge in [0.05, 0.1) is 22.2 Å². The number of aromatic amines is 2. The maximum absolute atomic E-state index is 14.6. The van der Waals surface area contributed by atoms with Crippen LogP contribution in [0.3, 0.4) is 0 Å². The van der Waals surface area contributed by atoms with Gasteiger partial charge in [0.25, 0.3) is 0 Å². The van der Waals surface area contributed by atoms with E-state index >= 15 is 0 Å². The largest absolute Gasteiger partial charge is 0.336 e. The molecular formula is C34H29FN6. The summed E-state index contributed by atoms with van der Waals surface area (Å²) in [6, 6.07) is 26.7. The Labute approximate surface area is 237 Å². The van der Waals surface area contributed by atoms with E-state index in [1.54, 1.807) is 12.1 Å². The molecule has 3 N–H and O–H groups in total. The first-order valence-electron chi connectivity index (χ1n) is 13.5. The summed E-state index contributed by atoms with van der Waals surface area (Å²) in [7, 11) is 0. The Morgan fingerprint density at radius 1 is 0.878 bits per heavy atom. The van der Waals surface area contributed by atoms with Crippen LogP contribution in [0.5, 0.6) is 0 Å². The van der Waals surface area contributed by atoms with Crippen LogP contribution < -0.4 is 5.32 Å². The number of H-pyrrole nitrogens is 2. The summed E-state index contributed by atoms with van der Waals surface area (Å²) < 4.78 is 14.6. The molecule has 3 aromatic heterocycles. The lowest BCUT2D eigenvalue weighted by atomic mass is 10.0. The van der Waals surface area contributed by atoms with Crippen molar-refractivity contribution in [2.24, 2.45) is 0 Å². The van der Waals surface area contributed by atoms with E-state index < -0.39 is 0 Å². The van der Waals surface area contributed by atoms with Crippen LogP contribution in [0.25, 0.3) is 50.3 Å². The number of fused-ring (bicyclic) bond motifs is 2. The number of hydrogen-bond acceptors (Lipinski definition) is 4. The predicted octanol–water partition coefficient (Wildman–Crippen LogP) is 7.61. The molecule has 6 rings (SSSR count). The van der Waals surface area contributed by atoms with Crippen LogP contribution in [0.4, 0.5) is 4.39 Å². The standard InChI is InChI=1S/C34H29FN6/c1-3-22(20-36-21-23-11-6-5-7-12-23)19-24(4-2)28-17-18-30-32(37-28)33(41-40-30)34-38-29-16-10-14-26(31(29)39-34)25-13-8-9-15-27(25)35/h3-19,36H,1,20-21H2,2H3,(H,38,39)(H,40,41)/b22-19+,24-4+. The molecular weight excluding hydrogens is 511 g/mol. The molecule has 0 spiro atoms. The van der Waals surface area contributed by atoms with Gasteiger partial charge in [-0.2, -0.15) is 5.10 Å². The number of hydrogen-bond donors (Lipinski definition) is 3. The first-order valence-corrected chi connectivity index (χ1v) is 13.5. The normalized spacial score (nSPS) is 12.3. The highest BCUT2D eigenvalue weighted by molar-refractivity contribution is 5.96. The van der Waals surface area contributed by atoms with Gasteiger partial charge in [-0.25, -0.2) is 14.4 Å². The molecule has 3 heterocycles. The van der Waals surface area contributed by atoms with Gasteiger partial charge in [0.15, 0.2) is 11.5 Å². The van der Waals surface area contributed by atoms with E-state index in [4.69, 9.17) is 9.97 Å². The Morgan fingerprint density at radius 2 is 1.68 bits per heavy atom. The molecule has 0 saturated carbocycles. The third-order valence-corrected chi connectivity index (χ3v) is 7.02. The fraction of sp³-hybridized carbons (Fsp3) is 0.0882. The Bertz CT molecular complexity index is 1910. The maximum Gasteiger partial charge on any atom is 0.161 e. The number of allylic oxidation sites excluding steroid dienone is 3. The highest BCUT2D eigenvalue weighted by Gasteiger charge is 2.18. The second kappa shape index (κ2) is 11.5. The van der Waals surface area contributed by atoms with Crippen molar-refractivity contribution in [3.63, 3.8) is 0 Å². The molecule has 6 aromatic rings. The van der Waals surface area contributed by atoms with Crippen LogP contribution in [0.1, 0.15) is 18.2 Å². The Kier molecular flexibility index (Phi) is 7.34. The molecule has 0 unspecified atom stereocenters. The molecule has 0 radical (unpaired) electrons. The Morgan fingerprint density at radius 3 is 2.49 bits per heavy atom. The molecule has 3 aromatic carbocycles. The predicted molar refractivity (Wildman–Crippen MR) is 164 cm³/mol. The smallest absolute Gasteiger partial charge is 0.161 e. The Hall–Kier alpha value is -5.14. The average molecular weight is 541 g/mol. The summed E-state index contributed by atoms with van der Waals surface area (Å²) in [6.07, 6.45) is 6.00. The molecule has 0 bridgehead atoms. The number of rotatable bonds is 9. The van der Waals surface area contributed by atoms with Gasteiger partial charge in [-0.15, -0.1) is 0 Å². The summed E-state index contributed by atoms with van der Waals surface area (Å²) in [6.45, 7) is 7.46. The monoisotopic (exact) mass is 540 g/mol. The van der Waals surface area contributed by atoms with Crippen molar-refractivity contribution < 1.29 is 4.39 Å². The molecule has 0 saturated heterocycles. The number of benzene rings is 3. The molecule has 0 aliphatic heterocycles. The number of para-hydroxylation sites is 1. The Balaban J connectivity index is 1.31. The molecule has 0 aliphatic rings. The number of halogens is 1. The summed E-state index contributed by atoms with van der Waals surface area (Å²) in [5.74, 6) is 0.274. The first-order chi connectivity index (χ1) is 20.1. The van der Waals surface area contributed by atoms with Crippen LogP contribution in [0.2, 0.25) is 0 Å². The van der Waals surface area contributed by atoms with Gasteiger partial charge in [-0.3, -0.25) is 5.10 Å². The van der Waals surface area contributed by atoms with Crippen molar-refractivity contribution in [1.29, 1.82) is 0 Å². The van der Waals surface area contributed by atoms with Crippen LogP contribution in [-0.4, -0.2) is 31.7 Å². The minimum atomic E-state index is -0.290. The van der Waals surface area contributed by atoms with Crippen molar-refractivity contribution in [3.8, 4) is 22.6 Å². The summed E-state index contributed by atoms with van der Waals surface area (Å²) >= 11 is 0. The number of nitrogens with zero attached hydrogens (tertiary/aromatic N) is 3. The van der Waals surface area contributed by atoms with Crippen molar-refractivity contribution in [2.45, 2.75) is 13.5 Å². The topological polar surface area (TPSA) is 82.3 Å². The van der Waals surface area contributed by atoms with Crippen molar-refractivity contribution in [1.82, 2.24) is 30.5 Å². The lowest BCUT2D eigenvalue weighted by Gasteiger charge is -2.08. The molecule has 0 atom stereocenters. The van der Waals surface area contributed by atoms with Crippen LogP contribution in [0.15, 0.2) is 115 Å². The van der Waals surface area contributed by atoms with Gasteiger partial charge < -0.3 is 10.3 Å². The van der Waals surface area contributed by atoms with Gasteiger partial charge in [0.2, 0.25) is 0 Å². The number of imidazole rings is 1. The van der Waals surface area contributed by atoms with E-state index in [1.807, 2.05) is 73.7 Å². The second-order valence-electron chi connectivity index (χ2n) is 9.69. The number of nitrogens with one attached hydrogen (secondary N) is 3. The first kappa shape index (κ1) is 26.1. The number of aromatic nitrogens is 5. The molecule has 0 amide bonds. The zero-order valence-electron chi connectivity index (χ0n) is 22.7. The van der Waals surface area contributed by atoms with Gasteiger partial charge >= 0.3 is 0 Å². The van der Waals surface area contributed by atoms with E-state index in [-0.39, 0.29) is 5.82 Å². The van der Waals surface area contributed by atoms with Crippen LogP contribution in [0, 0.1) is 5.82 Å². The van der Waals surface area contributed by atoms with E-state index in [0.29, 0.717) is 34.7 Å².